The molecule has 0 aliphatic carbocycles. The number of allylic oxidation sites excluding steroid dienone is 2. The van der Waals surface area contributed by atoms with Gasteiger partial charge in [-0.15, -0.1) is 0 Å². The van der Waals surface area contributed by atoms with E-state index in [-0.39, 0.29) is 12.5 Å². The van der Waals surface area contributed by atoms with E-state index in [2.05, 4.69) is 31.3 Å². The fraction of sp³-hybridized carbons (Fsp3) is 0.889. The monoisotopic (exact) mass is 517 g/mol. The van der Waals surface area contributed by atoms with Crippen LogP contribution in [0.4, 0.5) is 0 Å². The Kier molecular flexibility index (Phi) is 18.3. The molecule has 0 aromatic carbocycles. The molecule has 0 aromatic heterocycles. The zero-order valence-electron chi connectivity index (χ0n) is 22.3. The van der Waals surface area contributed by atoms with Crippen molar-refractivity contribution in [1.29, 1.82) is 0 Å². The highest BCUT2D eigenvalue weighted by molar-refractivity contribution is 5.76. The number of amides is 1. The molecular weight excluding hydrogens is 466 g/mol. The lowest BCUT2D eigenvalue weighted by atomic mass is 9.99. The van der Waals surface area contributed by atoms with Crippen LogP contribution >= 0.6 is 0 Å². The molecule has 1 rings (SSSR count). The average molecular weight is 518 g/mol. The van der Waals surface area contributed by atoms with E-state index in [0.717, 1.165) is 64.2 Å². The van der Waals surface area contributed by atoms with Crippen LogP contribution in [0, 0.1) is 0 Å². The first-order valence-electron chi connectivity index (χ1n) is 13.9. The van der Waals surface area contributed by atoms with Crippen molar-refractivity contribution >= 4 is 5.91 Å². The largest absolute Gasteiger partial charge is 0.394 e. The molecule has 0 aromatic rings. The smallest absolute Gasteiger partial charge is 0.220 e. The number of ether oxygens (including phenoxy) is 2. The summed E-state index contributed by atoms with van der Waals surface area (Å²) >= 11 is 0. The summed E-state index contributed by atoms with van der Waals surface area (Å²) in [6.07, 6.45) is 8.85. The summed E-state index contributed by atoms with van der Waals surface area (Å²) in [7, 11) is 0. The van der Waals surface area contributed by atoms with Gasteiger partial charge in [0.1, 0.15) is 24.4 Å². The summed E-state index contributed by atoms with van der Waals surface area (Å²) < 4.78 is 11.0. The molecule has 0 bridgehead atoms. The third-order valence-corrected chi connectivity index (χ3v) is 6.60. The molecule has 0 spiro atoms. The third kappa shape index (κ3) is 12.9. The normalized spacial score (nSPS) is 26.2. The maximum atomic E-state index is 12.6. The minimum absolute atomic E-state index is 0.146. The van der Waals surface area contributed by atoms with Crippen LogP contribution in [-0.4, -0.2) is 87.5 Å². The molecule has 212 valence electrons. The maximum absolute atomic E-state index is 12.6. The quantitative estimate of drug-likeness (QED) is 0.106. The Morgan fingerprint density at radius 1 is 0.917 bits per heavy atom. The van der Waals surface area contributed by atoms with Crippen LogP contribution in [0.15, 0.2) is 12.2 Å². The highest BCUT2D eigenvalue weighted by atomic mass is 16.7. The molecule has 1 saturated heterocycles. The lowest BCUT2D eigenvalue weighted by Gasteiger charge is -2.40. The highest BCUT2D eigenvalue weighted by Crippen LogP contribution is 2.22. The Hall–Kier alpha value is -1.07. The van der Waals surface area contributed by atoms with E-state index in [9.17, 15) is 30.3 Å². The van der Waals surface area contributed by atoms with E-state index in [1.165, 1.54) is 6.42 Å². The second-order valence-corrected chi connectivity index (χ2v) is 9.83. The SMILES string of the molecule is CCC/C=C\CCCCCCCC(=O)NC(COC1OC(CO)C(O)C(O)C1O)C(O)CCCCC. The predicted octanol–water partition coefficient (Wildman–Crippen LogP) is 2.32. The molecule has 36 heavy (non-hydrogen) atoms. The Balaban J connectivity index is 2.48. The van der Waals surface area contributed by atoms with Crippen LogP contribution in [0.3, 0.4) is 0 Å². The average Bonchev–Trinajstić information content (AvgIpc) is 2.87. The molecule has 0 saturated carbocycles. The van der Waals surface area contributed by atoms with Crippen molar-refractivity contribution in [1.82, 2.24) is 5.32 Å². The Bertz CT molecular complexity index is 588. The standard InChI is InChI=1S/C27H51NO8/c1-3-5-7-8-9-10-11-12-13-15-17-23(31)28-20(21(30)16-14-6-4-2)19-35-27-26(34)25(33)24(32)22(18-29)36-27/h7-8,20-22,24-27,29-30,32-34H,3-6,9-19H2,1-2H3,(H,28,31)/b8-7-. The molecule has 1 heterocycles. The fourth-order valence-corrected chi connectivity index (χ4v) is 4.22. The van der Waals surface area contributed by atoms with Gasteiger partial charge in [0.2, 0.25) is 5.91 Å². The summed E-state index contributed by atoms with van der Waals surface area (Å²) in [6, 6.07) is -0.711. The van der Waals surface area contributed by atoms with Crippen LogP contribution in [0.2, 0.25) is 0 Å². The van der Waals surface area contributed by atoms with E-state index in [1.54, 1.807) is 0 Å². The van der Waals surface area contributed by atoms with E-state index in [0.29, 0.717) is 12.8 Å². The van der Waals surface area contributed by atoms with Gasteiger partial charge in [0.05, 0.1) is 25.4 Å². The zero-order chi connectivity index (χ0) is 26.8. The van der Waals surface area contributed by atoms with Gasteiger partial charge < -0.3 is 40.3 Å². The number of aliphatic hydroxyl groups is 5. The molecule has 7 atom stereocenters. The van der Waals surface area contributed by atoms with E-state index >= 15 is 0 Å². The lowest BCUT2D eigenvalue weighted by molar-refractivity contribution is -0.302. The minimum Gasteiger partial charge on any atom is -0.394 e. The van der Waals surface area contributed by atoms with Gasteiger partial charge in [0.15, 0.2) is 6.29 Å². The van der Waals surface area contributed by atoms with E-state index in [4.69, 9.17) is 9.47 Å². The summed E-state index contributed by atoms with van der Waals surface area (Å²) in [5.74, 6) is -0.172. The van der Waals surface area contributed by atoms with Gasteiger partial charge in [-0.1, -0.05) is 70.9 Å². The topological polar surface area (TPSA) is 149 Å². The number of carbonyl (C=O) groups is 1. The number of unbranched alkanes of at least 4 members (excludes halogenated alkanes) is 8. The fourth-order valence-electron chi connectivity index (χ4n) is 4.22. The van der Waals surface area contributed by atoms with Gasteiger partial charge in [-0.3, -0.25) is 4.79 Å². The van der Waals surface area contributed by atoms with Crippen molar-refractivity contribution in [3.8, 4) is 0 Å². The molecule has 1 fully saturated rings. The van der Waals surface area contributed by atoms with Crippen LogP contribution in [0.1, 0.15) is 97.3 Å². The first-order valence-corrected chi connectivity index (χ1v) is 13.9. The summed E-state index contributed by atoms with van der Waals surface area (Å²) in [6.45, 7) is 3.54. The summed E-state index contributed by atoms with van der Waals surface area (Å²) in [5, 5.41) is 53.0. The third-order valence-electron chi connectivity index (χ3n) is 6.60. The summed E-state index contributed by atoms with van der Waals surface area (Å²) in [4.78, 5) is 12.6. The van der Waals surface area contributed by atoms with Crippen molar-refractivity contribution in [3.05, 3.63) is 12.2 Å². The number of hydrogen-bond donors (Lipinski definition) is 6. The second-order valence-electron chi connectivity index (χ2n) is 9.83. The minimum atomic E-state index is -1.55. The highest BCUT2D eigenvalue weighted by Gasteiger charge is 2.44. The zero-order valence-corrected chi connectivity index (χ0v) is 22.3. The Labute approximate surface area is 216 Å². The molecule has 7 unspecified atom stereocenters. The molecule has 1 amide bonds. The van der Waals surface area contributed by atoms with E-state index in [1.807, 2.05) is 0 Å². The molecular formula is C27H51NO8. The van der Waals surface area contributed by atoms with Gasteiger partial charge >= 0.3 is 0 Å². The van der Waals surface area contributed by atoms with Crippen molar-refractivity contribution in [2.24, 2.45) is 0 Å². The molecule has 1 aliphatic rings. The van der Waals surface area contributed by atoms with Gasteiger partial charge in [-0.25, -0.2) is 0 Å². The van der Waals surface area contributed by atoms with E-state index < -0.39 is 49.5 Å². The molecule has 0 radical (unpaired) electrons. The Morgan fingerprint density at radius 3 is 2.31 bits per heavy atom. The second kappa shape index (κ2) is 20.0. The molecule has 6 N–H and O–H groups in total. The number of carbonyl (C=O) groups excluding carboxylic acids is 1. The van der Waals surface area contributed by atoms with Crippen molar-refractivity contribution in [2.75, 3.05) is 13.2 Å². The number of aliphatic hydroxyl groups excluding tert-OH is 5. The number of nitrogens with one attached hydrogen (secondary N) is 1. The van der Waals surface area contributed by atoms with Crippen molar-refractivity contribution < 1.29 is 39.8 Å². The molecule has 9 nitrogen and oxygen atoms in total. The van der Waals surface area contributed by atoms with Gasteiger partial charge in [0, 0.05) is 6.42 Å². The first kappa shape index (κ1) is 33.0. The number of rotatable bonds is 20. The first-order chi connectivity index (χ1) is 17.3. The van der Waals surface area contributed by atoms with Crippen molar-refractivity contribution in [3.63, 3.8) is 0 Å². The van der Waals surface area contributed by atoms with Gasteiger partial charge in [-0.05, 0) is 32.1 Å². The van der Waals surface area contributed by atoms with Crippen LogP contribution in [0.25, 0.3) is 0 Å². The molecule has 1 aliphatic heterocycles. The van der Waals surface area contributed by atoms with Crippen LogP contribution < -0.4 is 5.32 Å². The van der Waals surface area contributed by atoms with Crippen LogP contribution in [-0.2, 0) is 14.3 Å². The van der Waals surface area contributed by atoms with Crippen molar-refractivity contribution in [2.45, 2.75) is 140 Å². The predicted molar refractivity (Wildman–Crippen MR) is 138 cm³/mol. The van der Waals surface area contributed by atoms with Crippen LogP contribution in [0.5, 0.6) is 0 Å². The maximum Gasteiger partial charge on any atom is 0.220 e. The number of hydrogen-bond acceptors (Lipinski definition) is 8. The van der Waals surface area contributed by atoms with Gasteiger partial charge in [-0.2, -0.15) is 0 Å². The molecule has 9 heteroatoms. The summed E-state index contributed by atoms with van der Waals surface area (Å²) in [5.41, 5.74) is 0. The Morgan fingerprint density at radius 2 is 1.61 bits per heavy atom. The lowest BCUT2D eigenvalue weighted by Crippen LogP contribution is -2.60. The van der Waals surface area contributed by atoms with Gasteiger partial charge in [0.25, 0.3) is 0 Å².